The largest absolute Gasteiger partial charge is 0.379 e. The van der Waals surface area contributed by atoms with Crippen LogP contribution in [0.2, 0.25) is 5.02 Å². The van der Waals surface area contributed by atoms with Gasteiger partial charge in [-0.25, -0.2) is 4.39 Å². The summed E-state index contributed by atoms with van der Waals surface area (Å²) < 4.78 is 15.2. The van der Waals surface area contributed by atoms with Crippen LogP contribution < -0.4 is 5.32 Å². The van der Waals surface area contributed by atoms with E-state index in [9.17, 15) is 4.39 Å². The minimum atomic E-state index is -0.294. The van der Waals surface area contributed by atoms with Gasteiger partial charge in [0.25, 0.3) is 0 Å². The second kappa shape index (κ2) is 6.04. The van der Waals surface area contributed by atoms with Crippen molar-refractivity contribution in [2.24, 2.45) is 0 Å². The Labute approximate surface area is 127 Å². The summed E-state index contributed by atoms with van der Waals surface area (Å²) in [6, 6.07) is 10.5. The van der Waals surface area contributed by atoms with E-state index in [0.29, 0.717) is 21.7 Å². The van der Waals surface area contributed by atoms with Crippen molar-refractivity contribution in [3.05, 3.63) is 61.7 Å². The maximum Gasteiger partial charge on any atom is 0.147 e. The molecule has 2 aromatic rings. The molecule has 1 nitrogen and oxygen atoms in total. The zero-order valence-corrected chi connectivity index (χ0v) is 13.1. The Morgan fingerprint density at radius 1 is 1.06 bits per heavy atom. The summed E-state index contributed by atoms with van der Waals surface area (Å²) in [6.45, 7) is 0.477. The highest BCUT2D eigenvalue weighted by Crippen LogP contribution is 2.24. The predicted molar refractivity (Wildman–Crippen MR) is 80.6 cm³/mol. The first-order valence-electron chi connectivity index (χ1n) is 5.19. The third-order valence-corrected chi connectivity index (χ3v) is 3.75. The van der Waals surface area contributed by atoms with E-state index in [-0.39, 0.29) is 5.82 Å². The molecule has 0 saturated carbocycles. The van der Waals surface area contributed by atoms with Gasteiger partial charge in [0.1, 0.15) is 5.82 Å². The van der Waals surface area contributed by atoms with Crippen molar-refractivity contribution in [2.75, 3.05) is 5.32 Å². The summed E-state index contributed by atoms with van der Waals surface area (Å²) >= 11 is 12.6. The monoisotopic (exact) mass is 391 g/mol. The second-order valence-electron chi connectivity index (χ2n) is 3.71. The van der Waals surface area contributed by atoms with Crippen molar-refractivity contribution in [3.63, 3.8) is 0 Å². The van der Waals surface area contributed by atoms with Crippen LogP contribution in [0.1, 0.15) is 5.56 Å². The maximum absolute atomic E-state index is 13.6. The van der Waals surface area contributed by atoms with Gasteiger partial charge in [-0.1, -0.05) is 49.5 Å². The topological polar surface area (TPSA) is 12.0 Å². The van der Waals surface area contributed by atoms with Crippen LogP contribution in [0.3, 0.4) is 0 Å². The van der Waals surface area contributed by atoms with Crippen LogP contribution in [-0.2, 0) is 6.54 Å². The molecule has 0 saturated heterocycles. The highest BCUT2D eigenvalue weighted by atomic mass is 79.9. The average molecular weight is 393 g/mol. The lowest BCUT2D eigenvalue weighted by Crippen LogP contribution is -2.02. The molecule has 0 bridgehead atoms. The van der Waals surface area contributed by atoms with Crippen molar-refractivity contribution in [1.82, 2.24) is 0 Å². The van der Waals surface area contributed by atoms with Gasteiger partial charge in [0, 0.05) is 20.5 Å². The Bertz CT molecular complexity index is 523. The van der Waals surface area contributed by atoms with Crippen LogP contribution in [0.4, 0.5) is 10.1 Å². The van der Waals surface area contributed by atoms with Gasteiger partial charge in [0.05, 0.1) is 5.69 Å². The van der Waals surface area contributed by atoms with Crippen molar-refractivity contribution in [2.45, 2.75) is 6.54 Å². The zero-order valence-electron chi connectivity index (χ0n) is 9.18. The molecule has 0 heterocycles. The van der Waals surface area contributed by atoms with Crippen molar-refractivity contribution in [3.8, 4) is 0 Å². The zero-order chi connectivity index (χ0) is 13.1. The molecular weight excluding hydrogens is 384 g/mol. The molecule has 1 N–H and O–H groups in total. The molecule has 0 fully saturated rings. The molecule has 5 heteroatoms. The summed E-state index contributed by atoms with van der Waals surface area (Å²) in [7, 11) is 0. The van der Waals surface area contributed by atoms with Crippen molar-refractivity contribution in [1.29, 1.82) is 0 Å². The van der Waals surface area contributed by atoms with Crippen LogP contribution in [0.5, 0.6) is 0 Å². The summed E-state index contributed by atoms with van der Waals surface area (Å²) in [6.07, 6.45) is 0. The fourth-order valence-electron chi connectivity index (χ4n) is 1.49. The minimum absolute atomic E-state index is 0.294. The maximum atomic E-state index is 13.6. The molecule has 0 aromatic heterocycles. The Kier molecular flexibility index (Phi) is 4.65. The summed E-state index contributed by atoms with van der Waals surface area (Å²) in [5, 5.41) is 3.67. The number of hydrogen-bond acceptors (Lipinski definition) is 1. The van der Waals surface area contributed by atoms with E-state index in [0.717, 1.165) is 10.0 Å². The number of halogens is 4. The highest BCUT2D eigenvalue weighted by Gasteiger charge is 2.04. The van der Waals surface area contributed by atoms with E-state index in [1.54, 1.807) is 12.1 Å². The molecule has 0 radical (unpaired) electrons. The third-order valence-electron chi connectivity index (χ3n) is 2.42. The van der Waals surface area contributed by atoms with Crippen LogP contribution in [0, 0.1) is 5.82 Å². The quantitative estimate of drug-likeness (QED) is 0.714. The lowest BCUT2D eigenvalue weighted by molar-refractivity contribution is 0.629. The first-order valence-corrected chi connectivity index (χ1v) is 7.15. The molecule has 94 valence electrons. The Morgan fingerprint density at radius 2 is 1.72 bits per heavy atom. The Morgan fingerprint density at radius 3 is 2.39 bits per heavy atom. The normalized spacial score (nSPS) is 10.4. The molecule has 2 aromatic carbocycles. The molecule has 0 aliphatic rings. The van der Waals surface area contributed by atoms with Gasteiger partial charge in [-0.05, 0) is 35.9 Å². The molecule has 0 amide bonds. The standard InChI is InChI=1S/C13H9Br2ClFN/c14-9-2-1-8(11(16)5-9)7-18-13-4-3-10(15)6-12(13)17/h1-6,18H,7H2. The number of benzene rings is 2. The number of anilines is 1. The second-order valence-corrected chi connectivity index (χ2v) is 5.95. The molecule has 2 rings (SSSR count). The van der Waals surface area contributed by atoms with E-state index in [1.807, 2.05) is 18.2 Å². The fraction of sp³-hybridized carbons (Fsp3) is 0.0769. The van der Waals surface area contributed by atoms with Crippen LogP contribution in [-0.4, -0.2) is 0 Å². The van der Waals surface area contributed by atoms with Gasteiger partial charge in [-0.15, -0.1) is 0 Å². The molecule has 0 aliphatic heterocycles. The lowest BCUT2D eigenvalue weighted by Gasteiger charge is -2.09. The Balaban J connectivity index is 2.11. The molecule has 0 atom stereocenters. The molecule has 18 heavy (non-hydrogen) atoms. The van der Waals surface area contributed by atoms with Gasteiger partial charge in [0.2, 0.25) is 0 Å². The molecule has 0 unspecified atom stereocenters. The van der Waals surface area contributed by atoms with Crippen molar-refractivity contribution < 1.29 is 4.39 Å². The Hall–Kier alpha value is -0.580. The smallest absolute Gasteiger partial charge is 0.147 e. The third kappa shape index (κ3) is 3.46. The predicted octanol–water partition coefficient (Wildman–Crippen LogP) is 5.62. The molecule has 0 aliphatic carbocycles. The number of hydrogen-bond donors (Lipinski definition) is 1. The molecular formula is C13H9Br2ClFN. The fourth-order valence-corrected chi connectivity index (χ4v) is 2.56. The SMILES string of the molecule is Fc1cc(Br)ccc1NCc1ccc(Br)cc1Cl. The van der Waals surface area contributed by atoms with E-state index < -0.39 is 0 Å². The summed E-state index contributed by atoms with van der Waals surface area (Å²) in [5.74, 6) is -0.294. The van der Waals surface area contributed by atoms with Crippen LogP contribution in [0.25, 0.3) is 0 Å². The average Bonchev–Trinajstić information content (AvgIpc) is 2.30. The van der Waals surface area contributed by atoms with Gasteiger partial charge in [-0.2, -0.15) is 0 Å². The van der Waals surface area contributed by atoms with E-state index >= 15 is 0 Å². The first-order chi connectivity index (χ1) is 8.56. The van der Waals surface area contributed by atoms with E-state index in [1.165, 1.54) is 6.07 Å². The van der Waals surface area contributed by atoms with E-state index in [2.05, 4.69) is 37.2 Å². The lowest BCUT2D eigenvalue weighted by atomic mass is 10.2. The minimum Gasteiger partial charge on any atom is -0.379 e. The summed E-state index contributed by atoms with van der Waals surface area (Å²) in [4.78, 5) is 0. The van der Waals surface area contributed by atoms with Crippen LogP contribution in [0.15, 0.2) is 45.3 Å². The summed E-state index contributed by atoms with van der Waals surface area (Å²) in [5.41, 5.74) is 1.37. The van der Waals surface area contributed by atoms with Crippen molar-refractivity contribution >= 4 is 49.1 Å². The molecule has 0 spiro atoms. The van der Waals surface area contributed by atoms with Gasteiger partial charge < -0.3 is 5.32 Å². The van der Waals surface area contributed by atoms with Gasteiger partial charge in [0.15, 0.2) is 0 Å². The van der Waals surface area contributed by atoms with Gasteiger partial charge in [-0.3, -0.25) is 0 Å². The van der Waals surface area contributed by atoms with Crippen LogP contribution >= 0.6 is 43.5 Å². The number of rotatable bonds is 3. The number of nitrogens with one attached hydrogen (secondary N) is 1. The van der Waals surface area contributed by atoms with E-state index in [4.69, 9.17) is 11.6 Å². The first kappa shape index (κ1) is 13.8. The van der Waals surface area contributed by atoms with Gasteiger partial charge >= 0.3 is 0 Å². The highest BCUT2D eigenvalue weighted by molar-refractivity contribution is 9.10.